The number of esters is 2. The summed E-state index contributed by atoms with van der Waals surface area (Å²) in [6.07, 6.45) is 15.7. The smallest absolute Gasteiger partial charge is 0.373 e. The number of carbonyl (C=O) groups excluding carboxylic acids is 2. The standard InChI is InChI=1S/C18H26O3.C15H22O3/c1-3-4-5-6-7-11-14-21-18(19)17(20-2)15-16-12-9-8-10-13-16;1-2-3-4-5-6-9-12-18-15(17)13-10-7-8-11-14(13)16/h8-10,12-13,15H,3-7,11,14H2,1-2H3;7-8,10-11,16H,2-6,9,12H2,1H3. The first kappa shape index (κ1) is 33.7. The van der Waals surface area contributed by atoms with Crippen LogP contribution in [0.25, 0.3) is 6.08 Å². The molecule has 0 aliphatic heterocycles. The van der Waals surface area contributed by atoms with E-state index in [0.717, 1.165) is 31.2 Å². The fourth-order valence-electron chi connectivity index (χ4n) is 3.79. The molecule has 0 amide bonds. The van der Waals surface area contributed by atoms with Gasteiger partial charge in [0.05, 0.1) is 20.3 Å². The molecule has 0 saturated heterocycles. The number of carbonyl (C=O) groups is 2. The van der Waals surface area contributed by atoms with Crippen LogP contribution in [0.1, 0.15) is 107 Å². The van der Waals surface area contributed by atoms with E-state index in [-0.39, 0.29) is 17.1 Å². The van der Waals surface area contributed by atoms with Crippen LogP contribution in [0.15, 0.2) is 60.4 Å². The van der Waals surface area contributed by atoms with Gasteiger partial charge in [-0.25, -0.2) is 9.59 Å². The summed E-state index contributed by atoms with van der Waals surface area (Å²) in [5.41, 5.74) is 1.16. The molecule has 0 saturated carbocycles. The van der Waals surface area contributed by atoms with Gasteiger partial charge in [0.25, 0.3) is 0 Å². The second-order valence-electron chi connectivity index (χ2n) is 9.45. The van der Waals surface area contributed by atoms with E-state index in [0.29, 0.717) is 13.2 Å². The average molecular weight is 541 g/mol. The van der Waals surface area contributed by atoms with Crippen molar-refractivity contribution in [3.63, 3.8) is 0 Å². The van der Waals surface area contributed by atoms with Crippen molar-refractivity contribution in [2.75, 3.05) is 20.3 Å². The topological polar surface area (TPSA) is 82.1 Å². The molecular weight excluding hydrogens is 492 g/mol. The van der Waals surface area contributed by atoms with Crippen LogP contribution >= 0.6 is 0 Å². The van der Waals surface area contributed by atoms with Gasteiger partial charge in [-0.2, -0.15) is 0 Å². The Morgan fingerprint density at radius 3 is 1.77 bits per heavy atom. The summed E-state index contributed by atoms with van der Waals surface area (Å²) >= 11 is 0. The lowest BCUT2D eigenvalue weighted by molar-refractivity contribution is -0.142. The molecule has 2 rings (SSSR count). The third-order valence-electron chi connectivity index (χ3n) is 6.10. The summed E-state index contributed by atoms with van der Waals surface area (Å²) < 4.78 is 15.5. The predicted molar refractivity (Wildman–Crippen MR) is 158 cm³/mol. The minimum atomic E-state index is -0.443. The van der Waals surface area contributed by atoms with Crippen molar-refractivity contribution in [1.29, 1.82) is 0 Å². The second kappa shape index (κ2) is 22.7. The first-order valence-electron chi connectivity index (χ1n) is 14.5. The normalized spacial score (nSPS) is 10.8. The van der Waals surface area contributed by atoms with Crippen molar-refractivity contribution in [3.8, 4) is 5.75 Å². The number of ether oxygens (including phenoxy) is 3. The molecule has 2 aromatic rings. The molecule has 0 radical (unpaired) electrons. The van der Waals surface area contributed by atoms with Crippen LogP contribution in [-0.2, 0) is 19.0 Å². The van der Waals surface area contributed by atoms with Crippen LogP contribution in [0, 0.1) is 0 Å². The Kier molecular flexibility index (Phi) is 19.6. The number of unbranched alkanes of at least 4 members (excludes halogenated alkanes) is 10. The summed E-state index contributed by atoms with van der Waals surface area (Å²) in [7, 11) is 1.49. The largest absolute Gasteiger partial charge is 0.507 e. The van der Waals surface area contributed by atoms with Gasteiger partial charge in [-0.1, -0.05) is 121 Å². The number of phenolic OH excluding ortho intramolecular Hbond substituents is 1. The molecule has 0 fully saturated rings. The summed E-state index contributed by atoms with van der Waals surface area (Å²) in [5.74, 6) is -0.616. The quantitative estimate of drug-likeness (QED) is 0.0883. The van der Waals surface area contributed by atoms with Crippen molar-refractivity contribution >= 4 is 18.0 Å². The van der Waals surface area contributed by atoms with Crippen LogP contribution in [0.5, 0.6) is 5.75 Å². The van der Waals surface area contributed by atoms with Gasteiger partial charge in [0.2, 0.25) is 5.76 Å². The van der Waals surface area contributed by atoms with Crippen LogP contribution in [0.2, 0.25) is 0 Å². The maximum atomic E-state index is 11.9. The van der Waals surface area contributed by atoms with E-state index in [4.69, 9.17) is 14.2 Å². The lowest BCUT2D eigenvalue weighted by Gasteiger charge is -2.07. The van der Waals surface area contributed by atoms with Gasteiger partial charge in [-0.05, 0) is 36.6 Å². The number of aromatic hydroxyl groups is 1. The van der Waals surface area contributed by atoms with E-state index < -0.39 is 11.9 Å². The van der Waals surface area contributed by atoms with Gasteiger partial charge in [0.15, 0.2) is 0 Å². The van der Waals surface area contributed by atoms with Crippen LogP contribution in [0.4, 0.5) is 0 Å². The number of para-hydroxylation sites is 1. The van der Waals surface area contributed by atoms with Crippen molar-refractivity contribution in [1.82, 2.24) is 0 Å². The summed E-state index contributed by atoms with van der Waals surface area (Å²) in [4.78, 5) is 23.5. The van der Waals surface area contributed by atoms with E-state index in [1.165, 1.54) is 64.5 Å². The minimum absolute atomic E-state index is 0.0227. The van der Waals surface area contributed by atoms with E-state index in [1.54, 1.807) is 24.3 Å². The highest BCUT2D eigenvalue weighted by Crippen LogP contribution is 2.17. The summed E-state index contributed by atoms with van der Waals surface area (Å²) in [5, 5.41) is 9.48. The number of rotatable bonds is 18. The molecule has 0 aliphatic carbocycles. The fourth-order valence-corrected chi connectivity index (χ4v) is 3.79. The van der Waals surface area contributed by atoms with E-state index in [2.05, 4.69) is 13.8 Å². The Morgan fingerprint density at radius 1 is 0.692 bits per heavy atom. The molecule has 39 heavy (non-hydrogen) atoms. The van der Waals surface area contributed by atoms with Crippen molar-refractivity contribution in [2.24, 2.45) is 0 Å². The fraction of sp³-hybridized carbons (Fsp3) is 0.515. The number of methoxy groups -OCH3 is 1. The molecule has 0 heterocycles. The van der Waals surface area contributed by atoms with E-state index in [9.17, 15) is 14.7 Å². The van der Waals surface area contributed by atoms with E-state index in [1.807, 2.05) is 30.3 Å². The molecule has 0 aromatic heterocycles. The van der Waals surface area contributed by atoms with Gasteiger partial charge in [-0.3, -0.25) is 0 Å². The number of benzene rings is 2. The summed E-state index contributed by atoms with van der Waals surface area (Å²) in [6.45, 7) is 5.28. The first-order valence-corrected chi connectivity index (χ1v) is 14.5. The Balaban J connectivity index is 0.000000395. The molecule has 216 valence electrons. The summed E-state index contributed by atoms with van der Waals surface area (Å²) in [6, 6.07) is 16.0. The molecule has 2 aromatic carbocycles. The molecule has 0 spiro atoms. The highest BCUT2D eigenvalue weighted by molar-refractivity contribution is 5.92. The zero-order valence-electron chi connectivity index (χ0n) is 24.2. The number of phenols is 1. The molecule has 0 unspecified atom stereocenters. The number of hydrogen-bond acceptors (Lipinski definition) is 6. The van der Waals surface area contributed by atoms with E-state index >= 15 is 0 Å². The zero-order valence-corrected chi connectivity index (χ0v) is 24.2. The van der Waals surface area contributed by atoms with Gasteiger partial charge in [0, 0.05) is 0 Å². The molecule has 0 atom stereocenters. The van der Waals surface area contributed by atoms with Gasteiger partial charge >= 0.3 is 11.9 Å². The maximum Gasteiger partial charge on any atom is 0.373 e. The SMILES string of the molecule is CCCCCCCCOC(=O)C(=Cc1ccccc1)OC.CCCCCCCCOC(=O)c1ccccc1O. The van der Waals surface area contributed by atoms with Crippen molar-refractivity contribution in [2.45, 2.75) is 90.9 Å². The third-order valence-corrected chi connectivity index (χ3v) is 6.10. The first-order chi connectivity index (χ1) is 19.0. The predicted octanol–water partition coefficient (Wildman–Crippen LogP) is 8.49. The Labute approximate surface area is 235 Å². The third kappa shape index (κ3) is 16.3. The van der Waals surface area contributed by atoms with Crippen LogP contribution in [-0.4, -0.2) is 37.4 Å². The zero-order chi connectivity index (χ0) is 28.6. The highest BCUT2D eigenvalue weighted by Gasteiger charge is 2.12. The molecule has 6 nitrogen and oxygen atoms in total. The van der Waals surface area contributed by atoms with Gasteiger partial charge in [-0.15, -0.1) is 0 Å². The highest BCUT2D eigenvalue weighted by atomic mass is 16.6. The maximum absolute atomic E-state index is 11.9. The Hall–Kier alpha value is -3.28. The van der Waals surface area contributed by atoms with Gasteiger partial charge in [0.1, 0.15) is 11.3 Å². The minimum Gasteiger partial charge on any atom is -0.507 e. The molecule has 1 N–H and O–H groups in total. The molecule has 0 bridgehead atoms. The van der Waals surface area contributed by atoms with Crippen LogP contribution in [0.3, 0.4) is 0 Å². The van der Waals surface area contributed by atoms with Crippen molar-refractivity contribution < 1.29 is 28.9 Å². The van der Waals surface area contributed by atoms with Crippen molar-refractivity contribution in [3.05, 3.63) is 71.5 Å². The lowest BCUT2D eigenvalue weighted by Crippen LogP contribution is -2.10. The second-order valence-corrected chi connectivity index (χ2v) is 9.45. The monoisotopic (exact) mass is 540 g/mol. The Morgan fingerprint density at radius 2 is 1.21 bits per heavy atom. The molecule has 0 aliphatic rings. The average Bonchev–Trinajstić information content (AvgIpc) is 2.96. The molecular formula is C33H48O6. The Bertz CT molecular complexity index is 938. The van der Waals surface area contributed by atoms with Gasteiger partial charge < -0.3 is 19.3 Å². The number of hydrogen-bond donors (Lipinski definition) is 1. The lowest BCUT2D eigenvalue weighted by atomic mass is 10.1. The molecule has 6 heteroatoms. The van der Waals surface area contributed by atoms with Crippen LogP contribution < -0.4 is 0 Å².